The van der Waals surface area contributed by atoms with Gasteiger partial charge in [0.05, 0.1) is 0 Å². The lowest BCUT2D eigenvalue weighted by Crippen LogP contribution is -2.30. The molecular weight excluding hydrogens is 170 g/mol. The van der Waals surface area contributed by atoms with Crippen molar-refractivity contribution in [3.63, 3.8) is 0 Å². The molecule has 1 heteroatoms. The van der Waals surface area contributed by atoms with Crippen LogP contribution < -0.4 is 5.32 Å². The lowest BCUT2D eigenvalue weighted by molar-refractivity contribution is 0.414. The first-order chi connectivity index (χ1) is 6.95. The normalized spacial score (nSPS) is 18.3. The van der Waals surface area contributed by atoms with Gasteiger partial charge in [-0.25, -0.2) is 0 Å². The number of benzene rings is 1. The second kappa shape index (κ2) is 5.16. The molecule has 0 spiro atoms. The van der Waals surface area contributed by atoms with Gasteiger partial charge < -0.3 is 5.32 Å². The van der Waals surface area contributed by atoms with Gasteiger partial charge in [0, 0.05) is 12.6 Å². The summed E-state index contributed by atoms with van der Waals surface area (Å²) in [6, 6.07) is 11.4. The van der Waals surface area contributed by atoms with Gasteiger partial charge in [-0.3, -0.25) is 0 Å². The maximum atomic E-state index is 3.62. The van der Waals surface area contributed by atoms with Gasteiger partial charge >= 0.3 is 0 Å². The minimum Gasteiger partial charge on any atom is -0.310 e. The summed E-state index contributed by atoms with van der Waals surface area (Å²) in [5.74, 6) is 0. The van der Waals surface area contributed by atoms with Crippen molar-refractivity contribution in [2.45, 2.75) is 38.3 Å². The lowest BCUT2D eigenvalue weighted by atomic mass is 9.95. The lowest BCUT2D eigenvalue weighted by Gasteiger charge is -2.22. The molecule has 1 nitrogen and oxygen atoms in total. The van der Waals surface area contributed by atoms with Crippen LogP contribution in [0.3, 0.4) is 0 Å². The van der Waals surface area contributed by atoms with Crippen LogP contribution in [0.25, 0.3) is 0 Å². The Morgan fingerprint density at radius 1 is 1.07 bits per heavy atom. The van der Waals surface area contributed by atoms with Crippen LogP contribution in [0, 0.1) is 6.42 Å². The number of nitrogens with one attached hydrogen (secondary N) is 1. The maximum Gasteiger partial charge on any atom is 0.0208 e. The molecule has 2 rings (SSSR count). The van der Waals surface area contributed by atoms with Crippen molar-refractivity contribution in [3.8, 4) is 0 Å². The highest BCUT2D eigenvalue weighted by Crippen LogP contribution is 2.16. The minimum absolute atomic E-state index is 0.736. The van der Waals surface area contributed by atoms with Gasteiger partial charge in [-0.15, -0.1) is 0 Å². The molecule has 1 N–H and O–H groups in total. The van der Waals surface area contributed by atoms with Crippen LogP contribution in [0.5, 0.6) is 0 Å². The van der Waals surface area contributed by atoms with Crippen LogP contribution in [0.2, 0.25) is 0 Å². The van der Waals surface area contributed by atoms with Crippen molar-refractivity contribution in [1.82, 2.24) is 5.32 Å². The first-order valence-corrected chi connectivity index (χ1v) is 5.54. The average Bonchev–Trinajstić information content (AvgIpc) is 2.29. The highest BCUT2D eigenvalue weighted by molar-refractivity contribution is 5.14. The van der Waals surface area contributed by atoms with Crippen molar-refractivity contribution in [2.24, 2.45) is 0 Å². The van der Waals surface area contributed by atoms with Gasteiger partial charge in [-0.1, -0.05) is 30.3 Å². The Hall–Kier alpha value is -0.820. The van der Waals surface area contributed by atoms with E-state index in [0.29, 0.717) is 0 Å². The molecule has 0 unspecified atom stereocenters. The second-order valence-corrected chi connectivity index (χ2v) is 4.01. The summed E-state index contributed by atoms with van der Waals surface area (Å²) in [7, 11) is 0. The van der Waals surface area contributed by atoms with E-state index >= 15 is 0 Å². The van der Waals surface area contributed by atoms with Crippen LogP contribution >= 0.6 is 0 Å². The zero-order chi connectivity index (χ0) is 9.64. The van der Waals surface area contributed by atoms with Crippen molar-refractivity contribution < 1.29 is 0 Å². The van der Waals surface area contributed by atoms with Gasteiger partial charge in [0.15, 0.2) is 0 Å². The van der Waals surface area contributed by atoms with E-state index in [-0.39, 0.29) is 0 Å². The largest absolute Gasteiger partial charge is 0.310 e. The summed E-state index contributed by atoms with van der Waals surface area (Å²) in [4.78, 5) is 0. The molecule has 75 valence electrons. The molecule has 0 atom stereocenters. The Balaban J connectivity index is 1.76. The zero-order valence-electron chi connectivity index (χ0n) is 8.58. The van der Waals surface area contributed by atoms with E-state index in [9.17, 15) is 0 Å². The van der Waals surface area contributed by atoms with E-state index in [1.165, 1.54) is 31.2 Å². The molecule has 0 saturated heterocycles. The summed E-state index contributed by atoms with van der Waals surface area (Å²) in [6.45, 7) is 1.02. The summed E-state index contributed by atoms with van der Waals surface area (Å²) < 4.78 is 0. The predicted octanol–water partition coefficient (Wildman–Crippen LogP) is 2.92. The zero-order valence-corrected chi connectivity index (χ0v) is 8.58. The van der Waals surface area contributed by atoms with E-state index < -0.39 is 0 Å². The topological polar surface area (TPSA) is 12.0 Å². The van der Waals surface area contributed by atoms with Crippen LogP contribution in [0.15, 0.2) is 30.3 Å². The predicted molar refractivity (Wildman–Crippen MR) is 59.8 cm³/mol. The molecule has 1 aromatic rings. The Morgan fingerprint density at radius 3 is 2.50 bits per heavy atom. The Labute approximate surface area is 86.5 Å². The number of hydrogen-bond acceptors (Lipinski definition) is 1. The third-order valence-electron chi connectivity index (χ3n) is 2.88. The quantitative estimate of drug-likeness (QED) is 0.769. The third-order valence-corrected chi connectivity index (χ3v) is 2.88. The maximum absolute atomic E-state index is 3.62. The monoisotopic (exact) mass is 188 g/mol. The highest BCUT2D eigenvalue weighted by Gasteiger charge is 2.11. The molecule has 0 bridgehead atoms. The molecule has 14 heavy (non-hydrogen) atoms. The van der Waals surface area contributed by atoms with Crippen molar-refractivity contribution >= 4 is 0 Å². The van der Waals surface area contributed by atoms with Gasteiger partial charge in [0.25, 0.3) is 0 Å². The highest BCUT2D eigenvalue weighted by atomic mass is 14.9. The third kappa shape index (κ3) is 2.85. The molecule has 0 amide bonds. The molecular formula is C13H18N. The molecule has 0 aromatic heterocycles. The second-order valence-electron chi connectivity index (χ2n) is 4.01. The fraction of sp³-hybridized carbons (Fsp3) is 0.462. The van der Waals surface area contributed by atoms with Gasteiger partial charge in [0.2, 0.25) is 0 Å². The van der Waals surface area contributed by atoms with E-state index in [1.807, 2.05) is 0 Å². The summed E-state index contributed by atoms with van der Waals surface area (Å²) in [5.41, 5.74) is 1.39. The molecule has 1 radical (unpaired) electrons. The molecule has 1 aliphatic rings. The first kappa shape index (κ1) is 9.72. The van der Waals surface area contributed by atoms with Crippen LogP contribution in [0.4, 0.5) is 0 Å². The van der Waals surface area contributed by atoms with E-state index in [0.717, 1.165) is 12.6 Å². The molecule has 0 heterocycles. The molecule has 1 saturated carbocycles. The summed E-state index contributed by atoms with van der Waals surface area (Å²) in [5, 5.41) is 3.62. The van der Waals surface area contributed by atoms with E-state index in [2.05, 4.69) is 42.1 Å². The first-order valence-electron chi connectivity index (χ1n) is 5.54. The van der Waals surface area contributed by atoms with Crippen LogP contribution in [-0.2, 0) is 6.54 Å². The van der Waals surface area contributed by atoms with Crippen LogP contribution in [0.1, 0.15) is 31.2 Å². The molecule has 0 aliphatic heterocycles. The fourth-order valence-electron chi connectivity index (χ4n) is 1.99. The minimum atomic E-state index is 0.736. The van der Waals surface area contributed by atoms with Gasteiger partial charge in [-0.2, -0.15) is 0 Å². The molecule has 1 aromatic carbocycles. The Bertz CT molecular complexity index is 249. The van der Waals surface area contributed by atoms with Crippen molar-refractivity contribution in [2.75, 3.05) is 0 Å². The van der Waals surface area contributed by atoms with Crippen molar-refractivity contribution in [1.29, 1.82) is 0 Å². The number of rotatable bonds is 3. The number of hydrogen-bond donors (Lipinski definition) is 1. The Kier molecular flexibility index (Phi) is 3.58. The molecule has 1 aliphatic carbocycles. The average molecular weight is 188 g/mol. The van der Waals surface area contributed by atoms with Crippen LogP contribution in [-0.4, -0.2) is 6.04 Å². The van der Waals surface area contributed by atoms with Gasteiger partial charge in [-0.05, 0) is 37.7 Å². The molecule has 1 fully saturated rings. The van der Waals surface area contributed by atoms with E-state index in [1.54, 1.807) is 0 Å². The SMILES string of the molecule is [CH]1CCC(NCc2ccccc2)CC1. The van der Waals surface area contributed by atoms with Crippen molar-refractivity contribution in [3.05, 3.63) is 42.3 Å². The van der Waals surface area contributed by atoms with E-state index in [4.69, 9.17) is 0 Å². The smallest absolute Gasteiger partial charge is 0.0208 e. The Morgan fingerprint density at radius 2 is 1.79 bits per heavy atom. The summed E-state index contributed by atoms with van der Waals surface area (Å²) >= 11 is 0. The fourth-order valence-corrected chi connectivity index (χ4v) is 1.99. The summed E-state index contributed by atoms with van der Waals surface area (Å²) in [6.07, 6.45) is 7.60. The standard InChI is InChI=1S/C13H18N/c1-3-7-12(8-4-1)11-14-13-9-5-2-6-10-13/h1-4,7-8,13-14H,5-6,9-11H2. The van der Waals surface area contributed by atoms with Gasteiger partial charge in [0.1, 0.15) is 0 Å².